The van der Waals surface area contributed by atoms with Gasteiger partial charge in [0.2, 0.25) is 10.0 Å². The summed E-state index contributed by atoms with van der Waals surface area (Å²) in [5, 5.41) is 5.12. The lowest BCUT2D eigenvalue weighted by Crippen LogP contribution is -2.25. The monoisotopic (exact) mass is 288 g/mol. The van der Waals surface area contributed by atoms with E-state index in [9.17, 15) is 8.42 Å². The molecule has 1 aromatic rings. The molecule has 7 heteroatoms. The van der Waals surface area contributed by atoms with Crippen LogP contribution in [0.25, 0.3) is 0 Å². The van der Waals surface area contributed by atoms with E-state index in [1.165, 1.54) is 12.1 Å². The first-order valence-corrected chi connectivity index (χ1v) is 7.30. The third-order valence-corrected chi connectivity index (χ3v) is 3.72. The standard InChI is InChI=1S/C12H20N2O4S/c1-12(2,17-3)6-7-18-10-5-4-9(13)8-11(10)19(14,15)16/h4-5,8H,6-7,13H2,1-3H3,(H2,14,15,16). The number of hydrogen-bond acceptors (Lipinski definition) is 5. The van der Waals surface area contributed by atoms with Crippen LogP contribution in [0.2, 0.25) is 0 Å². The number of methoxy groups -OCH3 is 1. The predicted molar refractivity (Wildman–Crippen MR) is 73.4 cm³/mol. The molecular weight excluding hydrogens is 268 g/mol. The van der Waals surface area contributed by atoms with Gasteiger partial charge in [0.15, 0.2) is 0 Å². The van der Waals surface area contributed by atoms with Crippen LogP contribution < -0.4 is 15.6 Å². The summed E-state index contributed by atoms with van der Waals surface area (Å²) < 4.78 is 33.6. The molecule has 0 amide bonds. The molecule has 0 radical (unpaired) electrons. The summed E-state index contributed by atoms with van der Waals surface area (Å²) in [5.74, 6) is 0.198. The summed E-state index contributed by atoms with van der Waals surface area (Å²) in [4.78, 5) is -0.109. The predicted octanol–water partition coefficient (Wildman–Crippen LogP) is 1.11. The molecule has 0 heterocycles. The van der Waals surface area contributed by atoms with Crippen molar-refractivity contribution < 1.29 is 17.9 Å². The second-order valence-electron chi connectivity index (χ2n) is 4.81. The molecule has 19 heavy (non-hydrogen) atoms. The van der Waals surface area contributed by atoms with Crippen molar-refractivity contribution in [2.24, 2.45) is 5.14 Å². The first-order chi connectivity index (χ1) is 8.65. The molecule has 0 atom stereocenters. The van der Waals surface area contributed by atoms with E-state index < -0.39 is 10.0 Å². The molecule has 0 unspecified atom stereocenters. The van der Waals surface area contributed by atoms with Crippen molar-refractivity contribution in [3.05, 3.63) is 18.2 Å². The molecule has 0 aliphatic heterocycles. The Morgan fingerprint density at radius 3 is 2.47 bits per heavy atom. The molecule has 0 spiro atoms. The van der Waals surface area contributed by atoms with Crippen LogP contribution >= 0.6 is 0 Å². The van der Waals surface area contributed by atoms with Crippen molar-refractivity contribution in [3.63, 3.8) is 0 Å². The van der Waals surface area contributed by atoms with Gasteiger partial charge in [-0.15, -0.1) is 0 Å². The number of nitrogen functional groups attached to an aromatic ring is 1. The van der Waals surface area contributed by atoms with Crippen LogP contribution in [-0.2, 0) is 14.8 Å². The van der Waals surface area contributed by atoms with Gasteiger partial charge in [0.1, 0.15) is 10.6 Å². The highest BCUT2D eigenvalue weighted by atomic mass is 32.2. The van der Waals surface area contributed by atoms with Gasteiger partial charge in [-0.05, 0) is 32.0 Å². The fraction of sp³-hybridized carbons (Fsp3) is 0.500. The van der Waals surface area contributed by atoms with Crippen LogP contribution in [0.1, 0.15) is 20.3 Å². The minimum absolute atomic E-state index is 0.109. The molecule has 0 aliphatic rings. The van der Waals surface area contributed by atoms with Crippen LogP contribution in [0, 0.1) is 0 Å². The third-order valence-electron chi connectivity index (χ3n) is 2.79. The quantitative estimate of drug-likeness (QED) is 0.763. The first kappa shape index (κ1) is 15.7. The summed E-state index contributed by atoms with van der Waals surface area (Å²) in [5.41, 5.74) is 5.52. The number of sulfonamides is 1. The normalized spacial score (nSPS) is 12.4. The van der Waals surface area contributed by atoms with Crippen LogP contribution in [0.4, 0.5) is 5.69 Å². The van der Waals surface area contributed by atoms with Gasteiger partial charge in [0, 0.05) is 19.2 Å². The maximum Gasteiger partial charge on any atom is 0.241 e. The Morgan fingerprint density at radius 1 is 1.32 bits per heavy atom. The summed E-state index contributed by atoms with van der Waals surface area (Å²) >= 11 is 0. The number of ether oxygens (including phenoxy) is 2. The molecule has 1 rings (SSSR count). The van der Waals surface area contributed by atoms with E-state index in [-0.39, 0.29) is 16.2 Å². The van der Waals surface area contributed by atoms with Gasteiger partial charge in [-0.2, -0.15) is 0 Å². The minimum Gasteiger partial charge on any atom is -0.492 e. The molecular formula is C12H20N2O4S. The lowest BCUT2D eigenvalue weighted by molar-refractivity contribution is 0.00523. The fourth-order valence-electron chi connectivity index (χ4n) is 1.38. The van der Waals surface area contributed by atoms with E-state index >= 15 is 0 Å². The van der Waals surface area contributed by atoms with Crippen molar-refractivity contribution in [3.8, 4) is 5.75 Å². The Morgan fingerprint density at radius 2 is 1.95 bits per heavy atom. The Kier molecular flexibility index (Phi) is 4.78. The van der Waals surface area contributed by atoms with Gasteiger partial charge in [-0.1, -0.05) is 0 Å². The topological polar surface area (TPSA) is 105 Å². The van der Waals surface area contributed by atoms with Gasteiger partial charge in [-0.3, -0.25) is 0 Å². The van der Waals surface area contributed by atoms with Crippen molar-refractivity contribution in [2.45, 2.75) is 30.8 Å². The van der Waals surface area contributed by atoms with Gasteiger partial charge >= 0.3 is 0 Å². The van der Waals surface area contributed by atoms with Gasteiger partial charge < -0.3 is 15.2 Å². The molecule has 0 fully saturated rings. The van der Waals surface area contributed by atoms with E-state index in [1.54, 1.807) is 13.2 Å². The molecule has 0 saturated carbocycles. The van der Waals surface area contributed by atoms with Gasteiger partial charge in [0.25, 0.3) is 0 Å². The van der Waals surface area contributed by atoms with Gasteiger partial charge in [0.05, 0.1) is 12.2 Å². The Bertz CT molecular complexity index is 541. The molecule has 0 bridgehead atoms. The number of anilines is 1. The van der Waals surface area contributed by atoms with Crippen LogP contribution in [0.3, 0.4) is 0 Å². The zero-order valence-electron chi connectivity index (χ0n) is 11.3. The number of benzene rings is 1. The van der Waals surface area contributed by atoms with Crippen LogP contribution in [0.5, 0.6) is 5.75 Å². The van der Waals surface area contributed by atoms with Crippen molar-refractivity contribution in [1.29, 1.82) is 0 Å². The number of hydrogen-bond donors (Lipinski definition) is 2. The average molecular weight is 288 g/mol. The summed E-state index contributed by atoms with van der Waals surface area (Å²) in [6.07, 6.45) is 0.609. The lowest BCUT2D eigenvalue weighted by atomic mass is 10.1. The maximum atomic E-state index is 11.4. The van der Waals surface area contributed by atoms with E-state index in [2.05, 4.69) is 0 Å². The Balaban J connectivity index is 2.85. The number of primary sulfonamides is 1. The minimum atomic E-state index is -3.86. The van der Waals surface area contributed by atoms with E-state index in [0.29, 0.717) is 18.7 Å². The van der Waals surface area contributed by atoms with Crippen molar-refractivity contribution in [2.75, 3.05) is 19.5 Å². The molecule has 0 aliphatic carbocycles. The zero-order chi connectivity index (χ0) is 14.7. The van der Waals surface area contributed by atoms with Crippen molar-refractivity contribution in [1.82, 2.24) is 0 Å². The summed E-state index contributed by atoms with van der Waals surface area (Å²) in [6, 6.07) is 4.34. The Labute approximate surface area is 113 Å². The fourth-order valence-corrected chi connectivity index (χ4v) is 2.08. The molecule has 1 aromatic carbocycles. The molecule has 6 nitrogen and oxygen atoms in total. The number of rotatable bonds is 6. The highest BCUT2D eigenvalue weighted by Crippen LogP contribution is 2.26. The third kappa shape index (κ3) is 4.70. The summed E-state index contributed by atoms with van der Waals surface area (Å²) in [7, 11) is -2.25. The highest BCUT2D eigenvalue weighted by molar-refractivity contribution is 7.89. The average Bonchev–Trinajstić information content (AvgIpc) is 2.29. The van der Waals surface area contributed by atoms with E-state index in [0.717, 1.165) is 0 Å². The molecule has 0 aromatic heterocycles. The maximum absolute atomic E-state index is 11.4. The Hall–Kier alpha value is -1.31. The first-order valence-electron chi connectivity index (χ1n) is 5.76. The molecule has 4 N–H and O–H groups in total. The number of nitrogens with two attached hydrogens (primary N) is 2. The van der Waals surface area contributed by atoms with Crippen LogP contribution in [0.15, 0.2) is 23.1 Å². The lowest BCUT2D eigenvalue weighted by Gasteiger charge is -2.23. The largest absolute Gasteiger partial charge is 0.492 e. The highest BCUT2D eigenvalue weighted by Gasteiger charge is 2.19. The van der Waals surface area contributed by atoms with Crippen molar-refractivity contribution >= 4 is 15.7 Å². The second kappa shape index (κ2) is 5.77. The smallest absolute Gasteiger partial charge is 0.241 e. The summed E-state index contributed by atoms with van der Waals surface area (Å²) in [6.45, 7) is 4.15. The van der Waals surface area contributed by atoms with E-state index in [1.807, 2.05) is 13.8 Å². The van der Waals surface area contributed by atoms with Gasteiger partial charge in [-0.25, -0.2) is 13.6 Å². The second-order valence-corrected chi connectivity index (χ2v) is 6.34. The zero-order valence-corrected chi connectivity index (χ0v) is 12.2. The molecule has 108 valence electrons. The van der Waals surface area contributed by atoms with Crippen LogP contribution in [-0.4, -0.2) is 27.7 Å². The van der Waals surface area contributed by atoms with E-state index in [4.69, 9.17) is 20.3 Å². The SMILES string of the molecule is COC(C)(C)CCOc1ccc(N)cc1S(N)(=O)=O. The molecule has 0 saturated heterocycles.